The van der Waals surface area contributed by atoms with Crippen molar-refractivity contribution in [2.45, 2.75) is 17.9 Å². The number of hydrogen-bond acceptors (Lipinski definition) is 3. The van der Waals surface area contributed by atoms with E-state index in [4.69, 9.17) is 5.11 Å². The first-order chi connectivity index (χ1) is 6.95. The summed E-state index contributed by atoms with van der Waals surface area (Å²) in [5.41, 5.74) is 1.00. The van der Waals surface area contributed by atoms with Crippen LogP contribution in [0.5, 0.6) is 0 Å². The highest BCUT2D eigenvalue weighted by atomic mass is 32.2. The van der Waals surface area contributed by atoms with Gasteiger partial charge in [0.15, 0.2) is 0 Å². The first kappa shape index (κ1) is 12.2. The van der Waals surface area contributed by atoms with Crippen LogP contribution in [0.4, 0.5) is 0 Å². The summed E-state index contributed by atoms with van der Waals surface area (Å²) in [7, 11) is -1.61. The highest BCUT2D eigenvalue weighted by molar-refractivity contribution is 7.89. The van der Waals surface area contributed by atoms with Gasteiger partial charge in [-0.2, -0.15) is 0 Å². The number of aliphatic hydroxyl groups excluding tert-OH is 1. The van der Waals surface area contributed by atoms with Gasteiger partial charge in [0.05, 0.1) is 11.5 Å². The molecule has 1 aromatic rings. The average Bonchev–Trinajstić information content (AvgIpc) is 2.17. The van der Waals surface area contributed by atoms with E-state index >= 15 is 0 Å². The number of nitrogens with one attached hydrogen (secondary N) is 1. The molecule has 0 aliphatic rings. The quantitative estimate of drug-likeness (QED) is 0.622. The molecule has 0 aromatic heterocycles. The summed E-state index contributed by atoms with van der Waals surface area (Å²) in [6, 6.07) is 6.08. The largest absolute Gasteiger partial charge is 0.395 e. The number of aliphatic hydroxyl groups is 1. The third-order valence-electron chi connectivity index (χ3n) is 1.96. The van der Waals surface area contributed by atoms with Crippen molar-refractivity contribution in [3.8, 4) is 0 Å². The molecular weight excluding hydrogens is 213 g/mol. The van der Waals surface area contributed by atoms with Crippen LogP contribution >= 0.6 is 0 Å². The van der Waals surface area contributed by atoms with E-state index in [0.29, 0.717) is 0 Å². The summed E-state index contributed by atoms with van der Waals surface area (Å²) in [5.74, 6) is 0. The number of sulfonamides is 1. The van der Waals surface area contributed by atoms with E-state index in [9.17, 15) is 8.42 Å². The predicted molar refractivity (Wildman–Crippen MR) is 61.5 cm³/mol. The molecule has 0 saturated heterocycles. The van der Waals surface area contributed by atoms with Gasteiger partial charge in [-0.3, -0.25) is 0 Å². The van der Waals surface area contributed by atoms with E-state index in [2.05, 4.69) is 4.72 Å². The van der Waals surface area contributed by atoms with Crippen LogP contribution in [0, 0.1) is 0 Å². The SMILES string of the molecule is Bc1ccc(S(=O)(=O)N[C@H](C)CO)cc1. The van der Waals surface area contributed by atoms with Crippen molar-refractivity contribution in [3.63, 3.8) is 0 Å². The Kier molecular flexibility index (Phi) is 3.90. The Morgan fingerprint density at radius 1 is 1.40 bits per heavy atom. The lowest BCUT2D eigenvalue weighted by molar-refractivity contribution is 0.265. The number of hydrogen-bond donors (Lipinski definition) is 2. The van der Waals surface area contributed by atoms with Crippen molar-refractivity contribution >= 4 is 23.3 Å². The molecule has 0 spiro atoms. The second-order valence-electron chi connectivity index (χ2n) is 3.52. The molecule has 1 aromatic carbocycles. The van der Waals surface area contributed by atoms with E-state index in [1.54, 1.807) is 31.2 Å². The fraction of sp³-hybridized carbons (Fsp3) is 0.333. The molecule has 0 saturated carbocycles. The van der Waals surface area contributed by atoms with Crippen molar-refractivity contribution < 1.29 is 13.5 Å². The maximum Gasteiger partial charge on any atom is 0.240 e. The fourth-order valence-corrected chi connectivity index (χ4v) is 2.32. The van der Waals surface area contributed by atoms with Gasteiger partial charge < -0.3 is 5.11 Å². The smallest absolute Gasteiger partial charge is 0.240 e. The van der Waals surface area contributed by atoms with Gasteiger partial charge in [-0.1, -0.05) is 17.6 Å². The molecule has 1 atom stereocenters. The highest BCUT2D eigenvalue weighted by Gasteiger charge is 2.15. The first-order valence-electron chi connectivity index (χ1n) is 4.65. The molecule has 1 rings (SSSR count). The molecule has 6 heteroatoms. The molecule has 0 amide bonds. The van der Waals surface area contributed by atoms with Gasteiger partial charge in [0.2, 0.25) is 10.0 Å². The molecule has 0 aliphatic carbocycles. The molecule has 4 nitrogen and oxygen atoms in total. The van der Waals surface area contributed by atoms with E-state index in [1.165, 1.54) is 0 Å². The second kappa shape index (κ2) is 4.78. The summed E-state index contributed by atoms with van der Waals surface area (Å²) in [5, 5.41) is 8.76. The minimum atomic E-state index is -3.50. The van der Waals surface area contributed by atoms with Gasteiger partial charge in [0.1, 0.15) is 7.85 Å². The van der Waals surface area contributed by atoms with Crippen LogP contribution in [0.25, 0.3) is 0 Å². The van der Waals surface area contributed by atoms with E-state index < -0.39 is 16.1 Å². The molecule has 2 N–H and O–H groups in total. The number of rotatable bonds is 4. The lowest BCUT2D eigenvalue weighted by Gasteiger charge is -2.11. The average molecular weight is 227 g/mol. The lowest BCUT2D eigenvalue weighted by atomic mass is 9.97. The first-order valence-corrected chi connectivity index (χ1v) is 6.14. The highest BCUT2D eigenvalue weighted by Crippen LogP contribution is 2.06. The van der Waals surface area contributed by atoms with Crippen molar-refractivity contribution in [2.24, 2.45) is 0 Å². The van der Waals surface area contributed by atoms with Crippen LogP contribution in [0.1, 0.15) is 6.92 Å². The molecule has 0 bridgehead atoms. The Bertz CT molecular complexity index is 415. The molecule has 15 heavy (non-hydrogen) atoms. The molecule has 0 radical (unpaired) electrons. The number of benzene rings is 1. The van der Waals surface area contributed by atoms with Gasteiger partial charge in [-0.25, -0.2) is 13.1 Å². The monoisotopic (exact) mass is 227 g/mol. The zero-order chi connectivity index (χ0) is 11.5. The Labute approximate surface area is 90.8 Å². The van der Waals surface area contributed by atoms with Crippen molar-refractivity contribution in [1.82, 2.24) is 4.72 Å². The van der Waals surface area contributed by atoms with Crippen LogP contribution in [0.2, 0.25) is 0 Å². The molecule has 0 unspecified atom stereocenters. The summed E-state index contributed by atoms with van der Waals surface area (Å²) >= 11 is 0. The normalized spacial score (nSPS) is 13.7. The molecular formula is C9H14BNO3S. The van der Waals surface area contributed by atoms with Gasteiger partial charge in [-0.15, -0.1) is 0 Å². The minimum absolute atomic E-state index is 0.216. The lowest BCUT2D eigenvalue weighted by Crippen LogP contribution is -2.35. The summed E-state index contributed by atoms with van der Waals surface area (Å²) in [4.78, 5) is 0.216. The Hall–Kier alpha value is -0.845. The van der Waals surface area contributed by atoms with Crippen LogP contribution in [-0.4, -0.2) is 34.0 Å². The van der Waals surface area contributed by atoms with Crippen LogP contribution in [0.15, 0.2) is 29.2 Å². The Morgan fingerprint density at radius 3 is 2.40 bits per heavy atom. The van der Waals surface area contributed by atoms with Crippen molar-refractivity contribution in [3.05, 3.63) is 24.3 Å². The summed E-state index contributed by atoms with van der Waals surface area (Å²) < 4.78 is 25.7. The summed E-state index contributed by atoms with van der Waals surface area (Å²) in [6.45, 7) is 1.39. The Morgan fingerprint density at radius 2 is 1.93 bits per heavy atom. The standard InChI is InChI=1S/C9H14BNO3S/c1-7(6-12)11-15(13,14)9-4-2-8(10)3-5-9/h2-5,7,11-12H,6,10H2,1H3/t7-/m1/s1. The molecule has 0 fully saturated rings. The summed E-state index contributed by atoms with van der Waals surface area (Å²) in [6.07, 6.45) is 0. The van der Waals surface area contributed by atoms with E-state index in [0.717, 1.165) is 5.46 Å². The second-order valence-corrected chi connectivity index (χ2v) is 5.23. The van der Waals surface area contributed by atoms with Gasteiger partial charge in [0, 0.05) is 6.04 Å². The third-order valence-corrected chi connectivity index (χ3v) is 3.57. The molecule has 82 valence electrons. The predicted octanol–water partition coefficient (Wildman–Crippen LogP) is -1.40. The fourth-order valence-electron chi connectivity index (χ4n) is 1.09. The van der Waals surface area contributed by atoms with Crippen LogP contribution in [-0.2, 0) is 10.0 Å². The minimum Gasteiger partial charge on any atom is -0.395 e. The maximum absolute atomic E-state index is 11.7. The van der Waals surface area contributed by atoms with Gasteiger partial charge >= 0.3 is 0 Å². The van der Waals surface area contributed by atoms with E-state index in [1.807, 2.05) is 7.85 Å². The third kappa shape index (κ3) is 3.33. The van der Waals surface area contributed by atoms with Crippen molar-refractivity contribution in [1.29, 1.82) is 0 Å². The zero-order valence-electron chi connectivity index (χ0n) is 8.77. The van der Waals surface area contributed by atoms with Crippen LogP contribution in [0.3, 0.4) is 0 Å². The topological polar surface area (TPSA) is 66.4 Å². The van der Waals surface area contributed by atoms with Gasteiger partial charge in [-0.05, 0) is 19.1 Å². The maximum atomic E-state index is 11.7. The Balaban J connectivity index is 2.91. The van der Waals surface area contributed by atoms with Gasteiger partial charge in [0.25, 0.3) is 0 Å². The molecule has 0 heterocycles. The zero-order valence-corrected chi connectivity index (χ0v) is 9.58. The molecule has 0 aliphatic heterocycles. The van der Waals surface area contributed by atoms with Crippen LogP contribution < -0.4 is 10.2 Å². The van der Waals surface area contributed by atoms with E-state index in [-0.39, 0.29) is 11.5 Å². The van der Waals surface area contributed by atoms with Crippen molar-refractivity contribution in [2.75, 3.05) is 6.61 Å².